The average molecular weight is 440 g/mol. The average Bonchev–Trinajstić information content (AvgIpc) is 2.93. The van der Waals surface area contributed by atoms with E-state index in [4.69, 9.17) is 0 Å². The van der Waals surface area contributed by atoms with Gasteiger partial charge in [-0.25, -0.2) is 4.39 Å². The molecule has 28 heavy (non-hydrogen) atoms. The molecule has 0 aliphatic heterocycles. The quantitative estimate of drug-likeness (QED) is 0.285. The van der Waals surface area contributed by atoms with Gasteiger partial charge in [0.2, 0.25) is 0 Å². The number of allylic oxidation sites excluding steroid dienone is 1. The van der Waals surface area contributed by atoms with Crippen LogP contribution in [-0.2, 0) is 0 Å². The summed E-state index contributed by atoms with van der Waals surface area (Å²) in [4.78, 5) is 10.5. The van der Waals surface area contributed by atoms with E-state index in [1.54, 1.807) is 34.9 Å². The second kappa shape index (κ2) is 7.79. The molecule has 1 heterocycles. The second-order valence-electron chi connectivity index (χ2n) is 6.23. The SMILES string of the molecule is Cc1cc(/C=C(/C#N)c2cccc([N+](=O)[O-])c2)c(C)n1-c1ccc(Br)cc1F. The van der Waals surface area contributed by atoms with Crippen molar-refractivity contribution in [1.29, 1.82) is 5.26 Å². The maximum absolute atomic E-state index is 14.4. The van der Waals surface area contributed by atoms with Crippen molar-refractivity contribution in [3.05, 3.63) is 91.4 Å². The van der Waals surface area contributed by atoms with Crippen LogP contribution in [0.2, 0.25) is 0 Å². The van der Waals surface area contributed by atoms with E-state index < -0.39 is 4.92 Å². The molecule has 3 rings (SSSR count). The number of nitriles is 1. The normalized spacial score (nSPS) is 11.3. The van der Waals surface area contributed by atoms with E-state index in [2.05, 4.69) is 22.0 Å². The molecule has 0 amide bonds. The van der Waals surface area contributed by atoms with Crippen LogP contribution in [0.15, 0.2) is 53.0 Å². The highest BCUT2D eigenvalue weighted by atomic mass is 79.9. The summed E-state index contributed by atoms with van der Waals surface area (Å²) in [5, 5.41) is 20.6. The number of aromatic nitrogens is 1. The van der Waals surface area contributed by atoms with Crippen LogP contribution in [0.4, 0.5) is 10.1 Å². The maximum atomic E-state index is 14.4. The molecule has 0 spiro atoms. The lowest BCUT2D eigenvalue weighted by Crippen LogP contribution is -2.02. The molecule has 0 fully saturated rings. The summed E-state index contributed by atoms with van der Waals surface area (Å²) in [7, 11) is 0. The zero-order valence-corrected chi connectivity index (χ0v) is 16.7. The number of benzene rings is 2. The van der Waals surface area contributed by atoms with Crippen LogP contribution in [0.1, 0.15) is 22.5 Å². The summed E-state index contributed by atoms with van der Waals surface area (Å²) in [5.41, 5.74) is 3.38. The highest BCUT2D eigenvalue weighted by Crippen LogP contribution is 2.28. The molecule has 0 atom stereocenters. The molecule has 0 N–H and O–H groups in total. The summed E-state index contributed by atoms with van der Waals surface area (Å²) in [5.74, 6) is -0.370. The lowest BCUT2D eigenvalue weighted by Gasteiger charge is -2.11. The van der Waals surface area contributed by atoms with Crippen LogP contribution in [0.3, 0.4) is 0 Å². The van der Waals surface area contributed by atoms with Crippen LogP contribution in [0, 0.1) is 41.1 Å². The predicted octanol–water partition coefficient (Wildman–Crippen LogP) is 5.97. The van der Waals surface area contributed by atoms with Gasteiger partial charge in [0.05, 0.1) is 22.3 Å². The number of halogens is 2. The van der Waals surface area contributed by atoms with E-state index in [9.17, 15) is 19.8 Å². The van der Waals surface area contributed by atoms with Crippen LogP contribution < -0.4 is 0 Å². The first-order valence-electron chi connectivity index (χ1n) is 8.33. The second-order valence-corrected chi connectivity index (χ2v) is 7.15. The van der Waals surface area contributed by atoms with Crippen molar-refractivity contribution in [3.63, 3.8) is 0 Å². The third kappa shape index (κ3) is 3.73. The summed E-state index contributed by atoms with van der Waals surface area (Å²) in [6.07, 6.45) is 1.66. The van der Waals surface area contributed by atoms with Crippen LogP contribution in [0.5, 0.6) is 0 Å². The summed E-state index contributed by atoms with van der Waals surface area (Å²) >= 11 is 3.25. The Balaban J connectivity index is 2.11. The van der Waals surface area contributed by atoms with Gasteiger partial charge in [-0.2, -0.15) is 5.26 Å². The minimum Gasteiger partial charge on any atom is -0.315 e. The molecule has 5 nitrogen and oxygen atoms in total. The van der Waals surface area contributed by atoms with Gasteiger partial charge in [-0.3, -0.25) is 10.1 Å². The Kier molecular flexibility index (Phi) is 5.43. The molecule has 140 valence electrons. The van der Waals surface area contributed by atoms with E-state index in [-0.39, 0.29) is 11.5 Å². The van der Waals surface area contributed by atoms with Crippen molar-refractivity contribution in [3.8, 4) is 11.8 Å². The molecule has 3 aromatic rings. The van der Waals surface area contributed by atoms with Crippen molar-refractivity contribution >= 4 is 33.3 Å². The summed E-state index contributed by atoms with van der Waals surface area (Å²) in [6, 6.07) is 14.7. The molecule has 0 saturated heterocycles. The number of nitro groups is 1. The molecular formula is C21H15BrFN3O2. The summed E-state index contributed by atoms with van der Waals surface area (Å²) in [6.45, 7) is 3.69. The fourth-order valence-corrected chi connectivity index (χ4v) is 3.42. The van der Waals surface area contributed by atoms with Crippen molar-refractivity contribution in [1.82, 2.24) is 4.57 Å². The van der Waals surface area contributed by atoms with Crippen LogP contribution in [0.25, 0.3) is 17.3 Å². The van der Waals surface area contributed by atoms with Gasteiger partial charge in [0.25, 0.3) is 5.69 Å². The molecule has 2 aromatic carbocycles. The van der Waals surface area contributed by atoms with E-state index >= 15 is 0 Å². The van der Waals surface area contributed by atoms with E-state index in [1.807, 2.05) is 19.9 Å². The Morgan fingerprint density at radius 1 is 1.25 bits per heavy atom. The number of hydrogen-bond acceptors (Lipinski definition) is 3. The third-order valence-corrected chi connectivity index (χ3v) is 4.90. The van der Waals surface area contributed by atoms with Gasteiger partial charge in [0, 0.05) is 28.0 Å². The molecule has 0 unspecified atom stereocenters. The number of non-ortho nitro benzene ring substituents is 1. The van der Waals surface area contributed by atoms with E-state index in [1.165, 1.54) is 18.2 Å². The summed E-state index contributed by atoms with van der Waals surface area (Å²) < 4.78 is 16.9. The Bertz CT molecular complexity index is 1160. The first-order chi connectivity index (χ1) is 13.3. The molecule has 0 aliphatic rings. The highest BCUT2D eigenvalue weighted by molar-refractivity contribution is 9.10. The Morgan fingerprint density at radius 3 is 2.64 bits per heavy atom. The van der Waals surface area contributed by atoms with Crippen LogP contribution in [-0.4, -0.2) is 9.49 Å². The van der Waals surface area contributed by atoms with E-state index in [0.717, 1.165) is 17.0 Å². The molecule has 0 aliphatic carbocycles. The van der Waals surface area contributed by atoms with Crippen molar-refractivity contribution in [2.45, 2.75) is 13.8 Å². The minimum absolute atomic E-state index is 0.0824. The molecule has 7 heteroatoms. The molecule has 0 radical (unpaired) electrons. The zero-order chi connectivity index (χ0) is 20.4. The first-order valence-corrected chi connectivity index (χ1v) is 9.12. The van der Waals surface area contributed by atoms with Crippen molar-refractivity contribution in [2.24, 2.45) is 0 Å². The van der Waals surface area contributed by atoms with Crippen molar-refractivity contribution < 1.29 is 9.31 Å². The Labute approximate surface area is 169 Å². The standard InChI is InChI=1S/C21H15BrFN3O2/c1-13-8-16(14(2)25(13)21-7-6-18(22)11-20(21)23)9-17(12-24)15-4-3-5-19(10-15)26(27)28/h3-11H,1-2H3/b17-9-. The number of hydrogen-bond donors (Lipinski definition) is 0. The number of nitro benzene ring substituents is 1. The molecular weight excluding hydrogens is 425 g/mol. The fourth-order valence-electron chi connectivity index (χ4n) is 3.09. The number of rotatable bonds is 4. The molecule has 0 bridgehead atoms. The van der Waals surface area contributed by atoms with E-state index in [0.29, 0.717) is 21.3 Å². The topological polar surface area (TPSA) is 71.9 Å². The van der Waals surface area contributed by atoms with Crippen LogP contribution >= 0.6 is 15.9 Å². The lowest BCUT2D eigenvalue weighted by atomic mass is 10.0. The predicted molar refractivity (Wildman–Crippen MR) is 109 cm³/mol. The number of aryl methyl sites for hydroxylation is 1. The van der Waals surface area contributed by atoms with Gasteiger partial charge in [-0.1, -0.05) is 28.1 Å². The lowest BCUT2D eigenvalue weighted by molar-refractivity contribution is -0.384. The Hall–Kier alpha value is -3.24. The maximum Gasteiger partial charge on any atom is 0.270 e. The van der Waals surface area contributed by atoms with Gasteiger partial charge in [-0.15, -0.1) is 0 Å². The molecule has 1 aromatic heterocycles. The first kappa shape index (κ1) is 19.5. The monoisotopic (exact) mass is 439 g/mol. The number of nitrogens with zero attached hydrogens (tertiary/aromatic N) is 3. The third-order valence-electron chi connectivity index (χ3n) is 4.41. The fraction of sp³-hybridized carbons (Fsp3) is 0.0952. The Morgan fingerprint density at radius 2 is 2.00 bits per heavy atom. The molecule has 0 saturated carbocycles. The van der Waals surface area contributed by atoms with Gasteiger partial charge < -0.3 is 4.57 Å². The van der Waals surface area contributed by atoms with Gasteiger partial charge in [0.15, 0.2) is 0 Å². The van der Waals surface area contributed by atoms with Gasteiger partial charge >= 0.3 is 0 Å². The highest BCUT2D eigenvalue weighted by Gasteiger charge is 2.15. The van der Waals surface area contributed by atoms with Gasteiger partial charge in [0.1, 0.15) is 5.82 Å². The smallest absolute Gasteiger partial charge is 0.270 e. The zero-order valence-electron chi connectivity index (χ0n) is 15.1. The largest absolute Gasteiger partial charge is 0.315 e. The minimum atomic E-state index is -0.499. The van der Waals surface area contributed by atoms with Crippen molar-refractivity contribution in [2.75, 3.05) is 0 Å². The van der Waals surface area contributed by atoms with Gasteiger partial charge in [-0.05, 0) is 55.3 Å².